The van der Waals surface area contributed by atoms with Gasteiger partial charge in [0.15, 0.2) is 0 Å². The van der Waals surface area contributed by atoms with E-state index in [0.717, 1.165) is 19.5 Å². The van der Waals surface area contributed by atoms with Gasteiger partial charge in [-0.15, -0.1) is 0 Å². The minimum absolute atomic E-state index is 0.164. The Morgan fingerprint density at radius 1 is 1.20 bits per heavy atom. The Balaban J connectivity index is 1.86. The molecule has 15 heavy (non-hydrogen) atoms. The summed E-state index contributed by atoms with van der Waals surface area (Å²) in [5.74, 6) is 0. The third-order valence-electron chi connectivity index (χ3n) is 3.47. The van der Waals surface area contributed by atoms with Crippen LogP contribution in [0.4, 0.5) is 4.79 Å². The Morgan fingerprint density at radius 3 is 2.47 bits per heavy atom. The molecule has 4 heteroatoms. The molecule has 2 aliphatic rings. The number of urea groups is 1. The summed E-state index contributed by atoms with van der Waals surface area (Å²) in [5, 5.41) is 0. The largest absolute Gasteiger partial charge is 0.331 e. The quantitative estimate of drug-likeness (QED) is 0.642. The molecule has 0 aromatic heterocycles. The van der Waals surface area contributed by atoms with Crippen LogP contribution in [0.2, 0.25) is 0 Å². The van der Waals surface area contributed by atoms with Crippen molar-refractivity contribution >= 4 is 6.03 Å². The molecule has 2 aliphatic heterocycles. The molecule has 2 amide bonds. The maximum absolute atomic E-state index is 11.7. The summed E-state index contributed by atoms with van der Waals surface area (Å²) in [5.41, 5.74) is 0. The van der Waals surface area contributed by atoms with Gasteiger partial charge >= 0.3 is 6.03 Å². The molecule has 0 spiro atoms. The standard InChI is InChI=1S/C11H21N3O/c1-12(2)11(15)14-8-5-10(9-14)13-6-3-4-7-13/h10H,3-9H2,1-2H3. The van der Waals surface area contributed by atoms with Crippen molar-refractivity contribution in [2.24, 2.45) is 0 Å². The molecule has 0 bridgehead atoms. The van der Waals surface area contributed by atoms with Crippen LogP contribution >= 0.6 is 0 Å². The molecular formula is C11H21N3O. The molecule has 1 atom stereocenters. The van der Waals surface area contributed by atoms with Gasteiger partial charge in [-0.1, -0.05) is 0 Å². The average Bonchev–Trinajstić information content (AvgIpc) is 2.86. The number of nitrogens with zero attached hydrogens (tertiary/aromatic N) is 3. The van der Waals surface area contributed by atoms with Crippen molar-refractivity contribution in [2.45, 2.75) is 25.3 Å². The summed E-state index contributed by atoms with van der Waals surface area (Å²) in [6.45, 7) is 4.32. The Hall–Kier alpha value is -0.770. The first-order valence-corrected chi connectivity index (χ1v) is 5.89. The highest BCUT2D eigenvalue weighted by Gasteiger charge is 2.31. The van der Waals surface area contributed by atoms with Gasteiger partial charge in [0.05, 0.1) is 0 Å². The Kier molecular flexibility index (Phi) is 3.14. The van der Waals surface area contributed by atoms with Crippen LogP contribution in [-0.2, 0) is 0 Å². The lowest BCUT2D eigenvalue weighted by Gasteiger charge is -2.25. The van der Waals surface area contributed by atoms with E-state index < -0.39 is 0 Å². The first-order valence-electron chi connectivity index (χ1n) is 5.89. The van der Waals surface area contributed by atoms with Crippen molar-refractivity contribution in [3.63, 3.8) is 0 Å². The first kappa shape index (κ1) is 10.7. The van der Waals surface area contributed by atoms with Crippen molar-refractivity contribution < 1.29 is 4.79 Å². The van der Waals surface area contributed by atoms with E-state index in [0.29, 0.717) is 6.04 Å². The fourth-order valence-electron chi connectivity index (χ4n) is 2.60. The maximum atomic E-state index is 11.7. The van der Waals surface area contributed by atoms with E-state index in [-0.39, 0.29) is 6.03 Å². The Labute approximate surface area is 91.8 Å². The molecule has 0 aliphatic carbocycles. The molecule has 86 valence electrons. The minimum Gasteiger partial charge on any atom is -0.331 e. The molecule has 0 radical (unpaired) electrons. The predicted octanol–water partition coefficient (Wildman–Crippen LogP) is 0.838. The molecule has 2 rings (SSSR count). The van der Waals surface area contributed by atoms with Crippen LogP contribution in [0.1, 0.15) is 19.3 Å². The lowest BCUT2D eigenvalue weighted by molar-refractivity contribution is 0.174. The van der Waals surface area contributed by atoms with E-state index in [4.69, 9.17) is 0 Å². The van der Waals surface area contributed by atoms with Gasteiger partial charge in [0.25, 0.3) is 0 Å². The molecule has 2 fully saturated rings. The molecule has 0 N–H and O–H groups in total. The zero-order valence-corrected chi connectivity index (χ0v) is 9.78. The van der Waals surface area contributed by atoms with Crippen molar-refractivity contribution in [1.29, 1.82) is 0 Å². The smallest absolute Gasteiger partial charge is 0.319 e. The fourth-order valence-corrected chi connectivity index (χ4v) is 2.60. The van der Waals surface area contributed by atoms with Crippen molar-refractivity contribution in [1.82, 2.24) is 14.7 Å². The monoisotopic (exact) mass is 211 g/mol. The second-order valence-corrected chi connectivity index (χ2v) is 4.81. The number of carbonyl (C=O) groups is 1. The van der Waals surface area contributed by atoms with Gasteiger partial charge in [-0.05, 0) is 32.4 Å². The van der Waals surface area contributed by atoms with E-state index in [2.05, 4.69) is 4.90 Å². The number of hydrogen-bond acceptors (Lipinski definition) is 2. The maximum Gasteiger partial charge on any atom is 0.319 e. The average molecular weight is 211 g/mol. The highest BCUT2D eigenvalue weighted by Crippen LogP contribution is 2.20. The van der Waals surface area contributed by atoms with Gasteiger partial charge in [-0.3, -0.25) is 4.90 Å². The van der Waals surface area contributed by atoms with Gasteiger partial charge in [0.2, 0.25) is 0 Å². The summed E-state index contributed by atoms with van der Waals surface area (Å²) >= 11 is 0. The van der Waals surface area contributed by atoms with Gasteiger partial charge in [-0.25, -0.2) is 4.79 Å². The van der Waals surface area contributed by atoms with E-state index in [1.165, 1.54) is 25.9 Å². The third kappa shape index (κ3) is 2.25. The van der Waals surface area contributed by atoms with E-state index >= 15 is 0 Å². The Morgan fingerprint density at radius 2 is 1.87 bits per heavy atom. The number of carbonyl (C=O) groups excluding carboxylic acids is 1. The molecule has 0 saturated carbocycles. The second kappa shape index (κ2) is 4.39. The van der Waals surface area contributed by atoms with Crippen molar-refractivity contribution in [2.75, 3.05) is 40.3 Å². The molecule has 0 aromatic rings. The topological polar surface area (TPSA) is 26.8 Å². The van der Waals surface area contributed by atoms with Gasteiger partial charge in [0, 0.05) is 33.2 Å². The summed E-state index contributed by atoms with van der Waals surface area (Å²) in [7, 11) is 3.65. The molecule has 1 unspecified atom stereocenters. The van der Waals surface area contributed by atoms with Crippen molar-refractivity contribution in [3.8, 4) is 0 Å². The van der Waals surface area contributed by atoms with Gasteiger partial charge in [-0.2, -0.15) is 0 Å². The van der Waals surface area contributed by atoms with Gasteiger partial charge < -0.3 is 9.80 Å². The highest BCUT2D eigenvalue weighted by molar-refractivity contribution is 5.74. The van der Waals surface area contributed by atoms with Crippen LogP contribution in [0.5, 0.6) is 0 Å². The lowest BCUT2D eigenvalue weighted by Crippen LogP contribution is -2.41. The van der Waals surface area contributed by atoms with Gasteiger partial charge in [0.1, 0.15) is 0 Å². The molecule has 2 heterocycles. The van der Waals surface area contributed by atoms with Crippen LogP contribution in [0, 0.1) is 0 Å². The third-order valence-corrected chi connectivity index (χ3v) is 3.47. The molecule has 4 nitrogen and oxygen atoms in total. The highest BCUT2D eigenvalue weighted by atomic mass is 16.2. The normalized spacial score (nSPS) is 27.3. The summed E-state index contributed by atoms with van der Waals surface area (Å²) in [6, 6.07) is 0.785. The van der Waals surface area contributed by atoms with Crippen LogP contribution in [0.15, 0.2) is 0 Å². The number of hydrogen-bond donors (Lipinski definition) is 0. The SMILES string of the molecule is CN(C)C(=O)N1CCC(N2CCCC2)C1. The summed E-state index contributed by atoms with van der Waals surface area (Å²) in [6.07, 6.45) is 3.82. The van der Waals surface area contributed by atoms with Crippen LogP contribution in [0.3, 0.4) is 0 Å². The lowest BCUT2D eigenvalue weighted by atomic mass is 10.2. The predicted molar refractivity (Wildman–Crippen MR) is 59.9 cm³/mol. The van der Waals surface area contributed by atoms with Crippen LogP contribution in [-0.4, -0.2) is 67.0 Å². The molecule has 2 saturated heterocycles. The molecular weight excluding hydrogens is 190 g/mol. The summed E-state index contributed by atoms with van der Waals surface area (Å²) in [4.78, 5) is 17.9. The van der Waals surface area contributed by atoms with E-state index in [1.807, 2.05) is 19.0 Å². The second-order valence-electron chi connectivity index (χ2n) is 4.81. The summed E-state index contributed by atoms with van der Waals surface area (Å²) < 4.78 is 0. The number of amides is 2. The first-order chi connectivity index (χ1) is 7.18. The zero-order valence-electron chi connectivity index (χ0n) is 9.78. The number of likely N-dealkylation sites (tertiary alicyclic amines) is 2. The van der Waals surface area contributed by atoms with Crippen LogP contribution in [0.25, 0.3) is 0 Å². The van der Waals surface area contributed by atoms with Crippen LogP contribution < -0.4 is 0 Å². The fraction of sp³-hybridized carbons (Fsp3) is 0.909. The zero-order chi connectivity index (χ0) is 10.8. The van der Waals surface area contributed by atoms with E-state index in [1.54, 1.807) is 4.90 Å². The molecule has 0 aromatic carbocycles. The van der Waals surface area contributed by atoms with Crippen molar-refractivity contribution in [3.05, 3.63) is 0 Å². The van der Waals surface area contributed by atoms with E-state index in [9.17, 15) is 4.79 Å². The Bertz CT molecular complexity index is 236. The number of rotatable bonds is 1. The minimum atomic E-state index is 0.164.